The quantitative estimate of drug-likeness (QED) is 0.741. The van der Waals surface area contributed by atoms with Crippen LogP contribution in [0.3, 0.4) is 0 Å². The van der Waals surface area contributed by atoms with Crippen molar-refractivity contribution in [2.75, 3.05) is 43.4 Å². The van der Waals surface area contributed by atoms with Gasteiger partial charge in [0.05, 0.1) is 5.56 Å². The molecule has 7 nitrogen and oxygen atoms in total. The number of benzene rings is 1. The van der Waals surface area contributed by atoms with Crippen molar-refractivity contribution < 1.29 is 4.79 Å². The Morgan fingerprint density at radius 3 is 2.38 bits per heavy atom. The topological polar surface area (TPSA) is 74.2 Å². The van der Waals surface area contributed by atoms with E-state index in [9.17, 15) is 4.79 Å². The maximum atomic E-state index is 12.3. The first-order valence-corrected chi connectivity index (χ1v) is 9.68. The molecule has 0 spiro atoms. The largest absolute Gasteiger partial charge is 0.369 e. The summed E-state index contributed by atoms with van der Waals surface area (Å²) in [6, 6.07) is 12.3. The van der Waals surface area contributed by atoms with E-state index in [1.54, 1.807) is 13.1 Å². The number of carbonyl (C=O) groups is 1. The zero-order valence-corrected chi connectivity index (χ0v) is 16.7. The Kier molecular flexibility index (Phi) is 5.48. The van der Waals surface area contributed by atoms with Crippen LogP contribution in [0.1, 0.15) is 16.2 Å². The lowest BCUT2D eigenvalue weighted by molar-refractivity contribution is 0.102. The third-order valence-corrected chi connectivity index (χ3v) is 5.10. The van der Waals surface area contributed by atoms with E-state index in [4.69, 9.17) is 0 Å². The molecule has 3 aromatic rings. The molecule has 0 atom stereocenters. The van der Waals surface area contributed by atoms with Crippen LogP contribution in [-0.4, -0.2) is 59.0 Å². The average molecular weight is 388 g/mol. The van der Waals surface area contributed by atoms with Gasteiger partial charge in [-0.15, -0.1) is 0 Å². The van der Waals surface area contributed by atoms with Crippen LogP contribution < -0.4 is 10.2 Å². The molecule has 0 unspecified atom stereocenters. The summed E-state index contributed by atoms with van der Waals surface area (Å²) < 4.78 is 0. The summed E-state index contributed by atoms with van der Waals surface area (Å²) in [6.45, 7) is 6.00. The van der Waals surface area contributed by atoms with Gasteiger partial charge in [0, 0.05) is 56.0 Å². The summed E-state index contributed by atoms with van der Waals surface area (Å²) in [5, 5.41) is 2.78. The highest BCUT2D eigenvalue weighted by atomic mass is 16.1. The predicted molar refractivity (Wildman–Crippen MR) is 114 cm³/mol. The van der Waals surface area contributed by atoms with E-state index < -0.39 is 0 Å². The van der Waals surface area contributed by atoms with E-state index in [0.717, 1.165) is 37.3 Å². The molecule has 0 radical (unpaired) electrons. The van der Waals surface area contributed by atoms with Gasteiger partial charge in [-0.3, -0.25) is 4.79 Å². The molecule has 0 bridgehead atoms. The standard InChI is InChI=1S/C22H24N6O/c1-16-23-14-19(15-24-16)22(29)26-21-7-6-18(13-25-21)17-4-3-5-20(12-17)28-10-8-27(2)9-11-28/h3-7,12-15H,8-11H2,1-2H3,(H,25,26,29). The molecule has 0 saturated carbocycles. The minimum Gasteiger partial charge on any atom is -0.369 e. The van der Waals surface area contributed by atoms with E-state index in [1.165, 1.54) is 18.1 Å². The number of hydrogen-bond donors (Lipinski definition) is 1. The minimum absolute atomic E-state index is 0.276. The van der Waals surface area contributed by atoms with Crippen molar-refractivity contribution in [3.63, 3.8) is 0 Å². The number of aryl methyl sites for hydroxylation is 1. The molecular formula is C22H24N6O. The van der Waals surface area contributed by atoms with Gasteiger partial charge < -0.3 is 15.1 Å². The first kappa shape index (κ1) is 19.0. The summed E-state index contributed by atoms with van der Waals surface area (Å²) in [7, 11) is 2.16. The number of hydrogen-bond acceptors (Lipinski definition) is 6. The van der Waals surface area contributed by atoms with Crippen LogP contribution in [-0.2, 0) is 0 Å². The smallest absolute Gasteiger partial charge is 0.259 e. The molecule has 0 aliphatic carbocycles. The second kappa shape index (κ2) is 8.36. The highest BCUT2D eigenvalue weighted by Crippen LogP contribution is 2.25. The number of anilines is 2. The number of carbonyl (C=O) groups excluding carboxylic acids is 1. The zero-order valence-electron chi connectivity index (χ0n) is 16.7. The predicted octanol–water partition coefficient (Wildman–Crippen LogP) is 2.85. The molecule has 29 heavy (non-hydrogen) atoms. The van der Waals surface area contributed by atoms with Crippen molar-refractivity contribution in [2.45, 2.75) is 6.92 Å². The Morgan fingerprint density at radius 1 is 0.931 bits per heavy atom. The van der Waals surface area contributed by atoms with Crippen LogP contribution in [0, 0.1) is 6.92 Å². The Balaban J connectivity index is 1.46. The molecule has 148 valence electrons. The van der Waals surface area contributed by atoms with Crippen LogP contribution >= 0.6 is 0 Å². The van der Waals surface area contributed by atoms with E-state index in [0.29, 0.717) is 17.2 Å². The summed E-state index contributed by atoms with van der Waals surface area (Å²) >= 11 is 0. The van der Waals surface area contributed by atoms with E-state index in [-0.39, 0.29) is 5.91 Å². The zero-order chi connectivity index (χ0) is 20.2. The lowest BCUT2D eigenvalue weighted by Crippen LogP contribution is -2.44. The van der Waals surface area contributed by atoms with Gasteiger partial charge in [0.1, 0.15) is 11.6 Å². The number of aromatic nitrogens is 3. The van der Waals surface area contributed by atoms with E-state index in [1.807, 2.05) is 12.1 Å². The number of amides is 1. The fourth-order valence-corrected chi connectivity index (χ4v) is 3.28. The minimum atomic E-state index is -0.276. The van der Waals surface area contributed by atoms with Crippen molar-refractivity contribution in [3.05, 3.63) is 66.4 Å². The van der Waals surface area contributed by atoms with E-state index in [2.05, 4.69) is 61.4 Å². The van der Waals surface area contributed by atoms with Gasteiger partial charge in [-0.2, -0.15) is 0 Å². The van der Waals surface area contributed by atoms with Crippen molar-refractivity contribution in [2.24, 2.45) is 0 Å². The molecule has 1 amide bonds. The number of piperazine rings is 1. The normalized spacial score (nSPS) is 14.6. The lowest BCUT2D eigenvalue weighted by Gasteiger charge is -2.34. The maximum Gasteiger partial charge on any atom is 0.259 e. The lowest BCUT2D eigenvalue weighted by atomic mass is 10.1. The number of rotatable bonds is 4. The van der Waals surface area contributed by atoms with Crippen molar-refractivity contribution in [1.82, 2.24) is 19.9 Å². The molecule has 3 heterocycles. The van der Waals surface area contributed by atoms with Gasteiger partial charge >= 0.3 is 0 Å². The number of nitrogens with zero attached hydrogens (tertiary/aromatic N) is 5. The van der Waals surface area contributed by atoms with Crippen LogP contribution in [0.5, 0.6) is 0 Å². The summed E-state index contributed by atoms with van der Waals surface area (Å²) in [4.78, 5) is 29.5. The monoisotopic (exact) mass is 388 g/mol. The van der Waals surface area contributed by atoms with Crippen LogP contribution in [0.25, 0.3) is 11.1 Å². The fourth-order valence-electron chi connectivity index (χ4n) is 3.28. The van der Waals surface area contributed by atoms with Gasteiger partial charge in [0.25, 0.3) is 5.91 Å². The highest BCUT2D eigenvalue weighted by Gasteiger charge is 2.15. The summed E-state index contributed by atoms with van der Waals surface area (Å²) in [5.74, 6) is 0.847. The van der Waals surface area contributed by atoms with Gasteiger partial charge in [0.2, 0.25) is 0 Å². The van der Waals surface area contributed by atoms with E-state index >= 15 is 0 Å². The first-order chi connectivity index (χ1) is 14.1. The first-order valence-electron chi connectivity index (χ1n) is 9.68. The molecule has 7 heteroatoms. The summed E-state index contributed by atoms with van der Waals surface area (Å²) in [5.41, 5.74) is 3.75. The van der Waals surface area contributed by atoms with Crippen molar-refractivity contribution in [1.29, 1.82) is 0 Å². The molecule has 1 aliphatic heterocycles. The number of pyridine rings is 1. The third-order valence-electron chi connectivity index (χ3n) is 5.10. The highest BCUT2D eigenvalue weighted by molar-refractivity contribution is 6.03. The SMILES string of the molecule is Cc1ncc(C(=O)Nc2ccc(-c3cccc(N4CCN(C)CC4)c3)cn2)cn1. The molecule has 1 saturated heterocycles. The average Bonchev–Trinajstić information content (AvgIpc) is 2.75. The molecular weight excluding hydrogens is 364 g/mol. The fraction of sp³-hybridized carbons (Fsp3) is 0.273. The van der Waals surface area contributed by atoms with Crippen molar-refractivity contribution >= 4 is 17.4 Å². The Hall–Kier alpha value is -3.32. The van der Waals surface area contributed by atoms with Gasteiger partial charge in [-0.1, -0.05) is 12.1 Å². The van der Waals surface area contributed by atoms with Crippen LogP contribution in [0.4, 0.5) is 11.5 Å². The molecule has 4 rings (SSSR count). The summed E-state index contributed by atoms with van der Waals surface area (Å²) in [6.07, 6.45) is 4.80. The second-order valence-corrected chi connectivity index (χ2v) is 7.25. The van der Waals surface area contributed by atoms with Gasteiger partial charge in [0.15, 0.2) is 0 Å². The number of likely N-dealkylation sites (N-methyl/N-ethyl adjacent to an activating group) is 1. The molecule has 1 fully saturated rings. The Bertz CT molecular complexity index is 979. The Labute approximate surface area is 170 Å². The van der Waals surface area contributed by atoms with Crippen molar-refractivity contribution in [3.8, 4) is 11.1 Å². The molecule has 1 aromatic carbocycles. The third kappa shape index (κ3) is 4.57. The molecule has 1 aliphatic rings. The van der Waals surface area contributed by atoms with Crippen LogP contribution in [0.15, 0.2) is 55.0 Å². The molecule has 1 N–H and O–H groups in total. The van der Waals surface area contributed by atoms with Crippen LogP contribution in [0.2, 0.25) is 0 Å². The van der Waals surface area contributed by atoms with Gasteiger partial charge in [-0.05, 0) is 43.8 Å². The number of nitrogens with one attached hydrogen (secondary N) is 1. The van der Waals surface area contributed by atoms with Gasteiger partial charge in [-0.25, -0.2) is 15.0 Å². The second-order valence-electron chi connectivity index (χ2n) is 7.25. The Morgan fingerprint density at radius 2 is 1.69 bits per heavy atom. The molecule has 2 aromatic heterocycles. The maximum absolute atomic E-state index is 12.3.